The smallest absolute Gasteiger partial charge is 0.421 e. The maximum absolute atomic E-state index is 16.2. The Bertz CT molecular complexity index is 2960. The molecule has 0 radical (unpaired) electrons. The van der Waals surface area contributed by atoms with Crippen molar-refractivity contribution in [1.29, 1.82) is 0 Å². The summed E-state index contributed by atoms with van der Waals surface area (Å²) in [6, 6.07) is 41.7. The van der Waals surface area contributed by atoms with Gasteiger partial charge < -0.3 is 24.6 Å². The summed E-state index contributed by atoms with van der Waals surface area (Å²) >= 11 is 1.23. The standard InChI is InChI=1S/C50H39N5O10S/c56-27-28-63-35-25-21-33(22-26-35)44-50(36-15-7-9-17-38(36)53(47(50)59)49(60)64-29-30-19-23-34(24-20-30)55(61)62)40(45(57)52-48-51-37-16-8-10-18-39(37)66-48)42-46(58)65-43(32-13-5-2-6-14-32)41(54(42)44)31-11-3-1-4-12-31/h1-26,40-44,56H,27-29H2,(H,51,52,57)/t40-,41-,42-,43+,44+,50-/m0/s1. The molecule has 6 atom stereocenters. The zero-order valence-corrected chi connectivity index (χ0v) is 35.7. The molecule has 10 rings (SSSR count). The Morgan fingerprint density at radius 3 is 2.17 bits per heavy atom. The number of carbonyl (C=O) groups excluding carboxylic acids is 4. The van der Waals surface area contributed by atoms with Crippen LogP contribution in [0, 0.1) is 16.0 Å². The van der Waals surface area contributed by atoms with E-state index in [2.05, 4.69) is 10.3 Å². The molecule has 3 amide bonds. The van der Waals surface area contributed by atoms with Crippen molar-refractivity contribution >= 4 is 61.9 Å². The van der Waals surface area contributed by atoms with Crippen molar-refractivity contribution in [2.45, 2.75) is 36.3 Å². The van der Waals surface area contributed by atoms with Gasteiger partial charge in [0, 0.05) is 12.1 Å². The van der Waals surface area contributed by atoms with Gasteiger partial charge in [0.1, 0.15) is 36.5 Å². The Labute approximate surface area is 380 Å². The Balaban J connectivity index is 1.19. The number of non-ortho nitro benzene ring substituents is 1. The number of amides is 3. The minimum absolute atomic E-state index is 0.0262. The molecule has 66 heavy (non-hydrogen) atoms. The number of morpholine rings is 1. The van der Waals surface area contributed by atoms with Gasteiger partial charge in [-0.3, -0.25) is 29.4 Å². The highest BCUT2D eigenvalue weighted by molar-refractivity contribution is 7.22. The van der Waals surface area contributed by atoms with Crippen LogP contribution in [0.1, 0.15) is 46.0 Å². The van der Waals surface area contributed by atoms with Crippen LogP contribution >= 0.6 is 11.3 Å². The number of ether oxygens (including phenoxy) is 3. The van der Waals surface area contributed by atoms with Crippen LogP contribution in [0.4, 0.5) is 21.3 Å². The van der Waals surface area contributed by atoms with Crippen molar-refractivity contribution in [1.82, 2.24) is 9.88 Å². The fraction of sp³-hybridized carbons (Fsp3) is 0.180. The number of benzene rings is 6. The molecule has 0 bridgehead atoms. The van der Waals surface area contributed by atoms with E-state index < -0.39 is 64.4 Å². The number of nitro benzene ring substituents is 1. The number of carbonyl (C=O) groups is 4. The Morgan fingerprint density at radius 2 is 1.47 bits per heavy atom. The second-order valence-corrected chi connectivity index (χ2v) is 17.0. The van der Waals surface area contributed by atoms with Crippen LogP contribution in [-0.4, -0.2) is 63.0 Å². The van der Waals surface area contributed by atoms with Crippen LogP contribution in [0.25, 0.3) is 10.2 Å². The van der Waals surface area contributed by atoms with Gasteiger partial charge in [0.05, 0.1) is 45.4 Å². The number of cyclic esters (lactones) is 1. The van der Waals surface area contributed by atoms with E-state index in [1.165, 1.54) is 35.6 Å². The number of esters is 1. The maximum Gasteiger partial charge on any atom is 0.421 e. The fourth-order valence-electron chi connectivity index (χ4n) is 9.79. The molecule has 7 aromatic rings. The van der Waals surface area contributed by atoms with Gasteiger partial charge in [0.25, 0.3) is 5.69 Å². The zero-order chi connectivity index (χ0) is 45.5. The van der Waals surface area contributed by atoms with Gasteiger partial charge in [0.2, 0.25) is 11.8 Å². The number of nitro groups is 1. The zero-order valence-electron chi connectivity index (χ0n) is 34.8. The van der Waals surface area contributed by atoms with Crippen LogP contribution in [0.2, 0.25) is 0 Å². The van der Waals surface area contributed by atoms with Gasteiger partial charge in [-0.15, -0.1) is 0 Å². The molecule has 330 valence electrons. The van der Waals surface area contributed by atoms with E-state index in [0.29, 0.717) is 33.5 Å². The number of nitrogens with zero attached hydrogens (tertiary/aromatic N) is 4. The number of nitrogens with one attached hydrogen (secondary N) is 1. The average molecular weight is 902 g/mol. The normalized spacial score (nSPS) is 22.1. The highest BCUT2D eigenvalue weighted by Crippen LogP contribution is 2.66. The fourth-order valence-corrected chi connectivity index (χ4v) is 10.7. The van der Waals surface area contributed by atoms with Crippen LogP contribution in [0.15, 0.2) is 158 Å². The second kappa shape index (κ2) is 17.3. The van der Waals surface area contributed by atoms with Crippen molar-refractivity contribution in [3.05, 3.63) is 196 Å². The first-order valence-corrected chi connectivity index (χ1v) is 21.9. The van der Waals surface area contributed by atoms with Crippen LogP contribution in [0.3, 0.4) is 0 Å². The van der Waals surface area contributed by atoms with E-state index in [1.54, 1.807) is 48.5 Å². The molecule has 4 heterocycles. The highest BCUT2D eigenvalue weighted by Gasteiger charge is 2.75. The molecule has 6 aromatic carbocycles. The molecule has 0 aliphatic carbocycles. The molecule has 2 fully saturated rings. The van der Waals surface area contributed by atoms with E-state index in [9.17, 15) is 20.0 Å². The number of fused-ring (bicyclic) bond motifs is 4. The van der Waals surface area contributed by atoms with Crippen molar-refractivity contribution in [2.75, 3.05) is 23.4 Å². The third-order valence-corrected chi connectivity index (χ3v) is 13.4. The third kappa shape index (κ3) is 7.11. The van der Waals surface area contributed by atoms with E-state index in [4.69, 9.17) is 14.2 Å². The second-order valence-electron chi connectivity index (χ2n) is 16.0. The number of hydrogen-bond acceptors (Lipinski definition) is 13. The summed E-state index contributed by atoms with van der Waals surface area (Å²) in [5, 5.41) is 24.1. The molecule has 1 aromatic heterocycles. The van der Waals surface area contributed by atoms with Crippen molar-refractivity contribution in [3.63, 3.8) is 0 Å². The van der Waals surface area contributed by atoms with Gasteiger partial charge in [0.15, 0.2) is 5.13 Å². The summed E-state index contributed by atoms with van der Waals surface area (Å²) in [4.78, 5) is 80.0. The minimum atomic E-state index is -2.03. The number of thiazole rings is 1. The van der Waals surface area contributed by atoms with Gasteiger partial charge in [-0.1, -0.05) is 114 Å². The van der Waals surface area contributed by atoms with Gasteiger partial charge in [-0.2, -0.15) is 0 Å². The Kier molecular flexibility index (Phi) is 11.1. The predicted octanol–water partition coefficient (Wildman–Crippen LogP) is 8.22. The van der Waals surface area contributed by atoms with Crippen LogP contribution in [0.5, 0.6) is 5.75 Å². The molecule has 0 saturated carbocycles. The number of aliphatic hydroxyl groups excluding tert-OH is 1. The lowest BCUT2D eigenvalue weighted by molar-refractivity contribution is -0.384. The molecular weight excluding hydrogens is 863 g/mol. The lowest BCUT2D eigenvalue weighted by atomic mass is 9.65. The number of aliphatic hydroxyl groups is 1. The first kappa shape index (κ1) is 42.2. The number of imide groups is 1. The number of hydrogen-bond donors (Lipinski definition) is 2. The van der Waals surface area contributed by atoms with Crippen molar-refractivity contribution < 1.29 is 43.4 Å². The topological polar surface area (TPSA) is 191 Å². The molecule has 3 aliphatic rings. The number of aromatic nitrogens is 1. The van der Waals surface area contributed by atoms with E-state index in [-0.39, 0.29) is 36.3 Å². The summed E-state index contributed by atoms with van der Waals surface area (Å²) in [7, 11) is 0. The largest absolute Gasteiger partial charge is 0.491 e. The summed E-state index contributed by atoms with van der Waals surface area (Å²) < 4.78 is 18.9. The van der Waals surface area contributed by atoms with Crippen molar-refractivity contribution in [3.8, 4) is 5.75 Å². The van der Waals surface area contributed by atoms with Crippen molar-refractivity contribution in [2.24, 2.45) is 5.92 Å². The number of para-hydroxylation sites is 2. The van der Waals surface area contributed by atoms with E-state index in [0.717, 1.165) is 15.2 Å². The molecule has 3 aliphatic heterocycles. The van der Waals surface area contributed by atoms with Gasteiger partial charge in [-0.25, -0.2) is 14.7 Å². The minimum Gasteiger partial charge on any atom is -0.491 e. The first-order chi connectivity index (χ1) is 32.2. The lowest BCUT2D eigenvalue weighted by Crippen LogP contribution is -2.54. The summed E-state index contributed by atoms with van der Waals surface area (Å²) in [6.45, 7) is -0.540. The Morgan fingerprint density at radius 1 is 0.803 bits per heavy atom. The summed E-state index contributed by atoms with van der Waals surface area (Å²) in [5.74, 6) is -3.42. The molecule has 2 N–H and O–H groups in total. The van der Waals surface area contributed by atoms with Crippen LogP contribution < -0.4 is 15.0 Å². The number of anilines is 2. The molecule has 0 unspecified atom stereocenters. The monoisotopic (exact) mass is 901 g/mol. The summed E-state index contributed by atoms with van der Waals surface area (Å²) in [5.41, 5.74) is 1.25. The van der Waals surface area contributed by atoms with E-state index in [1.807, 2.05) is 89.8 Å². The SMILES string of the molecule is O=C1O[C@H](c2ccccc2)[C@H](c2ccccc2)N2[C@H]1[C@@H](C(=O)Nc1nc3ccccc3s1)[C@]1(C(=O)N(C(=O)OCc3ccc([N+](=O)[O-])cc3)c3ccccc31)[C@H]2c1ccc(OCCO)cc1. The quantitative estimate of drug-likeness (QED) is 0.0720. The third-order valence-electron chi connectivity index (χ3n) is 12.4. The molecule has 1 spiro atoms. The Hall–Kier alpha value is -7.79. The number of rotatable bonds is 11. The maximum atomic E-state index is 16.2. The average Bonchev–Trinajstić information content (AvgIpc) is 3.99. The summed E-state index contributed by atoms with van der Waals surface area (Å²) in [6.07, 6.45) is -1.99. The van der Waals surface area contributed by atoms with E-state index >= 15 is 14.4 Å². The van der Waals surface area contributed by atoms with Crippen LogP contribution in [-0.2, 0) is 35.9 Å². The predicted molar refractivity (Wildman–Crippen MR) is 242 cm³/mol. The molecule has 16 heteroatoms. The molecular formula is C50H39N5O10S. The highest BCUT2D eigenvalue weighted by atomic mass is 32.1. The van der Waals surface area contributed by atoms with Gasteiger partial charge in [-0.05, 0) is 70.3 Å². The molecule has 15 nitrogen and oxygen atoms in total. The van der Waals surface area contributed by atoms with Gasteiger partial charge >= 0.3 is 12.1 Å². The lowest BCUT2D eigenvalue weighted by Gasteiger charge is -2.46. The molecule has 2 saturated heterocycles. The first-order valence-electron chi connectivity index (χ1n) is 21.1.